The van der Waals surface area contributed by atoms with Gasteiger partial charge in [-0.1, -0.05) is 29.8 Å². The molecule has 20 heavy (non-hydrogen) atoms. The van der Waals surface area contributed by atoms with Crippen LogP contribution in [-0.2, 0) is 11.2 Å². The van der Waals surface area contributed by atoms with Crippen LogP contribution in [0.5, 0.6) is 0 Å². The predicted octanol–water partition coefficient (Wildman–Crippen LogP) is 3.59. The molecule has 2 aromatic carbocycles. The van der Waals surface area contributed by atoms with Crippen LogP contribution in [0.25, 0.3) is 0 Å². The average Bonchev–Trinajstić information content (AvgIpc) is 2.42. The number of carbonyl (C=O) groups excluding carboxylic acids is 1. The SMILES string of the molecule is Cc1ccc(CC(=O)Nc2ccc(F)c(F)c2F)cc1. The second-order valence-electron chi connectivity index (χ2n) is 4.43. The van der Waals surface area contributed by atoms with Gasteiger partial charge in [-0.05, 0) is 24.6 Å². The number of nitrogens with one attached hydrogen (secondary N) is 1. The molecule has 1 N–H and O–H groups in total. The zero-order valence-electron chi connectivity index (χ0n) is 10.7. The summed E-state index contributed by atoms with van der Waals surface area (Å²) in [5.74, 6) is -4.79. The first-order valence-corrected chi connectivity index (χ1v) is 5.96. The lowest BCUT2D eigenvalue weighted by Gasteiger charge is -2.07. The molecule has 0 aliphatic heterocycles. The predicted molar refractivity (Wildman–Crippen MR) is 69.8 cm³/mol. The summed E-state index contributed by atoms with van der Waals surface area (Å²) in [6.07, 6.45) is 0.0265. The first kappa shape index (κ1) is 14.1. The van der Waals surface area contributed by atoms with E-state index in [1.807, 2.05) is 19.1 Å². The third kappa shape index (κ3) is 3.17. The second kappa shape index (κ2) is 5.77. The normalized spacial score (nSPS) is 10.4. The summed E-state index contributed by atoms with van der Waals surface area (Å²) in [6, 6.07) is 9.00. The number of aryl methyl sites for hydroxylation is 1. The number of hydrogen-bond acceptors (Lipinski definition) is 1. The Hall–Kier alpha value is -2.30. The molecule has 0 fully saturated rings. The number of amides is 1. The molecule has 0 aliphatic rings. The highest BCUT2D eigenvalue weighted by Crippen LogP contribution is 2.19. The van der Waals surface area contributed by atoms with Crippen LogP contribution in [0.1, 0.15) is 11.1 Å². The molecule has 0 heterocycles. The van der Waals surface area contributed by atoms with Gasteiger partial charge in [-0.3, -0.25) is 4.79 Å². The summed E-state index contributed by atoms with van der Waals surface area (Å²) < 4.78 is 39.2. The Balaban J connectivity index is 2.08. The van der Waals surface area contributed by atoms with Gasteiger partial charge in [-0.25, -0.2) is 13.2 Å². The maximum absolute atomic E-state index is 13.4. The fourth-order valence-electron chi connectivity index (χ4n) is 1.71. The van der Waals surface area contributed by atoms with Crippen LogP contribution >= 0.6 is 0 Å². The molecule has 1 amide bonds. The molecule has 2 nitrogen and oxygen atoms in total. The molecule has 0 saturated heterocycles. The highest BCUT2D eigenvalue weighted by molar-refractivity contribution is 5.92. The van der Waals surface area contributed by atoms with Crippen LogP contribution in [0.2, 0.25) is 0 Å². The van der Waals surface area contributed by atoms with Crippen molar-refractivity contribution in [2.75, 3.05) is 5.32 Å². The van der Waals surface area contributed by atoms with Gasteiger partial charge >= 0.3 is 0 Å². The maximum atomic E-state index is 13.4. The quantitative estimate of drug-likeness (QED) is 0.855. The second-order valence-corrected chi connectivity index (χ2v) is 4.43. The molecule has 2 aromatic rings. The van der Waals surface area contributed by atoms with Crippen molar-refractivity contribution in [3.63, 3.8) is 0 Å². The van der Waals surface area contributed by atoms with Gasteiger partial charge in [0, 0.05) is 0 Å². The van der Waals surface area contributed by atoms with Gasteiger partial charge < -0.3 is 5.32 Å². The van der Waals surface area contributed by atoms with Crippen LogP contribution in [0, 0.1) is 24.4 Å². The molecule has 0 bridgehead atoms. The van der Waals surface area contributed by atoms with Crippen molar-refractivity contribution in [3.8, 4) is 0 Å². The molecule has 0 aliphatic carbocycles. The Morgan fingerprint density at radius 3 is 2.30 bits per heavy atom. The fourth-order valence-corrected chi connectivity index (χ4v) is 1.71. The zero-order chi connectivity index (χ0) is 14.7. The first-order valence-electron chi connectivity index (χ1n) is 5.96. The Kier molecular flexibility index (Phi) is 4.08. The summed E-state index contributed by atoms with van der Waals surface area (Å²) in [5, 5.41) is 2.22. The van der Waals surface area contributed by atoms with Crippen LogP contribution in [0.4, 0.5) is 18.9 Å². The molecule has 2 rings (SSSR count). The van der Waals surface area contributed by atoms with E-state index in [2.05, 4.69) is 5.32 Å². The number of rotatable bonds is 3. The van der Waals surface area contributed by atoms with Crippen LogP contribution in [0.3, 0.4) is 0 Å². The third-order valence-electron chi connectivity index (χ3n) is 2.79. The van der Waals surface area contributed by atoms with E-state index in [4.69, 9.17) is 0 Å². The summed E-state index contributed by atoms with van der Waals surface area (Å²) in [5.41, 5.74) is 1.43. The fraction of sp³-hybridized carbons (Fsp3) is 0.133. The highest BCUT2D eigenvalue weighted by Gasteiger charge is 2.15. The first-order chi connectivity index (χ1) is 9.47. The van der Waals surface area contributed by atoms with Crippen LogP contribution < -0.4 is 5.32 Å². The highest BCUT2D eigenvalue weighted by atomic mass is 19.2. The van der Waals surface area contributed by atoms with Gasteiger partial charge in [0.2, 0.25) is 5.91 Å². The van der Waals surface area contributed by atoms with Crippen molar-refractivity contribution in [2.24, 2.45) is 0 Å². The van der Waals surface area contributed by atoms with Crippen molar-refractivity contribution in [3.05, 3.63) is 65.0 Å². The van der Waals surface area contributed by atoms with E-state index in [0.29, 0.717) is 0 Å². The number of carbonyl (C=O) groups is 1. The molecule has 0 spiro atoms. The van der Waals surface area contributed by atoms with Gasteiger partial charge in [0.15, 0.2) is 17.5 Å². The molecule has 0 unspecified atom stereocenters. The topological polar surface area (TPSA) is 29.1 Å². The monoisotopic (exact) mass is 279 g/mol. The lowest BCUT2D eigenvalue weighted by atomic mass is 10.1. The number of benzene rings is 2. The van der Waals surface area contributed by atoms with Crippen molar-refractivity contribution >= 4 is 11.6 Å². The minimum atomic E-state index is -1.60. The van der Waals surface area contributed by atoms with E-state index in [1.165, 1.54) is 0 Å². The number of anilines is 1. The Morgan fingerprint density at radius 2 is 1.65 bits per heavy atom. The largest absolute Gasteiger partial charge is 0.323 e. The van der Waals surface area contributed by atoms with Gasteiger partial charge in [0.05, 0.1) is 12.1 Å². The Morgan fingerprint density at radius 1 is 1.00 bits per heavy atom. The van der Waals surface area contributed by atoms with E-state index < -0.39 is 23.4 Å². The Bertz CT molecular complexity index is 638. The van der Waals surface area contributed by atoms with E-state index in [9.17, 15) is 18.0 Å². The van der Waals surface area contributed by atoms with E-state index in [1.54, 1.807) is 12.1 Å². The lowest BCUT2D eigenvalue weighted by molar-refractivity contribution is -0.115. The lowest BCUT2D eigenvalue weighted by Crippen LogP contribution is -2.16. The van der Waals surface area contributed by atoms with Crippen molar-refractivity contribution in [2.45, 2.75) is 13.3 Å². The van der Waals surface area contributed by atoms with E-state index >= 15 is 0 Å². The van der Waals surface area contributed by atoms with Gasteiger partial charge in [-0.2, -0.15) is 0 Å². The molecule has 0 atom stereocenters. The average molecular weight is 279 g/mol. The van der Waals surface area contributed by atoms with Crippen molar-refractivity contribution in [1.82, 2.24) is 0 Å². The standard InChI is InChI=1S/C15H12F3NO/c1-9-2-4-10(5-3-9)8-13(20)19-12-7-6-11(16)14(17)15(12)18/h2-7H,8H2,1H3,(H,19,20). The zero-order valence-corrected chi connectivity index (χ0v) is 10.7. The summed E-state index contributed by atoms with van der Waals surface area (Å²) in [6.45, 7) is 1.92. The van der Waals surface area contributed by atoms with Gasteiger partial charge in [0.1, 0.15) is 0 Å². The summed E-state index contributed by atoms with van der Waals surface area (Å²) in [7, 11) is 0. The third-order valence-corrected chi connectivity index (χ3v) is 2.79. The van der Waals surface area contributed by atoms with Crippen LogP contribution in [0.15, 0.2) is 36.4 Å². The number of halogens is 3. The Labute approximate surface area is 114 Å². The molecule has 0 saturated carbocycles. The summed E-state index contributed by atoms with van der Waals surface area (Å²) >= 11 is 0. The van der Waals surface area contributed by atoms with Crippen LogP contribution in [-0.4, -0.2) is 5.91 Å². The molecule has 5 heteroatoms. The molecular formula is C15H12F3NO. The summed E-state index contributed by atoms with van der Waals surface area (Å²) in [4.78, 5) is 11.7. The maximum Gasteiger partial charge on any atom is 0.228 e. The smallest absolute Gasteiger partial charge is 0.228 e. The van der Waals surface area contributed by atoms with Gasteiger partial charge in [-0.15, -0.1) is 0 Å². The molecule has 0 aromatic heterocycles. The number of hydrogen-bond donors (Lipinski definition) is 1. The van der Waals surface area contributed by atoms with E-state index in [-0.39, 0.29) is 12.1 Å². The van der Waals surface area contributed by atoms with Crippen molar-refractivity contribution < 1.29 is 18.0 Å². The molecule has 104 valence electrons. The van der Waals surface area contributed by atoms with Crippen molar-refractivity contribution in [1.29, 1.82) is 0 Å². The van der Waals surface area contributed by atoms with E-state index in [0.717, 1.165) is 23.3 Å². The minimum absolute atomic E-state index is 0.0265. The minimum Gasteiger partial charge on any atom is -0.323 e. The van der Waals surface area contributed by atoms with Gasteiger partial charge in [0.25, 0.3) is 0 Å². The molecular weight excluding hydrogens is 267 g/mol. The molecule has 0 radical (unpaired) electrons.